The fourth-order valence-corrected chi connectivity index (χ4v) is 8.53. The van der Waals surface area contributed by atoms with Gasteiger partial charge in [0.25, 0.3) is 5.91 Å². The number of thiophene rings is 1. The number of benzene rings is 2. The molecule has 1 aromatic heterocycles. The summed E-state index contributed by atoms with van der Waals surface area (Å²) in [5.41, 5.74) is -4.45. The van der Waals surface area contributed by atoms with E-state index in [1.807, 2.05) is 30.3 Å². The Balaban J connectivity index is 1.27. The highest BCUT2D eigenvalue weighted by Crippen LogP contribution is 2.59. The quantitative estimate of drug-likeness (QED) is 0.323. The maximum Gasteiger partial charge on any atom is 0.399 e. The molecule has 6 rings (SSSR count). The van der Waals surface area contributed by atoms with Crippen LogP contribution in [0.2, 0.25) is 0 Å². The van der Waals surface area contributed by atoms with Crippen molar-refractivity contribution in [2.24, 2.45) is 5.92 Å². The van der Waals surface area contributed by atoms with Crippen molar-refractivity contribution in [3.8, 4) is 6.07 Å². The molecule has 3 aromatic rings. The van der Waals surface area contributed by atoms with Crippen molar-refractivity contribution in [2.75, 3.05) is 19.6 Å². The van der Waals surface area contributed by atoms with Crippen LogP contribution in [0.3, 0.4) is 0 Å². The van der Waals surface area contributed by atoms with Gasteiger partial charge in [0.15, 0.2) is 0 Å². The van der Waals surface area contributed by atoms with Gasteiger partial charge in [-0.05, 0) is 54.8 Å². The molecule has 4 heterocycles. The Bertz CT molecular complexity index is 1900. The highest BCUT2D eigenvalue weighted by atomic mass is 32.1. The molecule has 3 fully saturated rings. The minimum atomic E-state index is -5.81. The first-order chi connectivity index (χ1) is 23.2. The molecule has 2 aromatic carbocycles. The summed E-state index contributed by atoms with van der Waals surface area (Å²) in [7, 11) is -5.81. The third-order valence-electron chi connectivity index (χ3n) is 9.63. The van der Waals surface area contributed by atoms with Gasteiger partial charge in [0.2, 0.25) is 17.7 Å². The summed E-state index contributed by atoms with van der Waals surface area (Å²) >= 11 is 0.937. The second kappa shape index (κ2) is 13.2. The Hall–Kier alpha value is -4.22. The second-order valence-electron chi connectivity index (χ2n) is 12.7. The number of nitrogens with one attached hydrogen (secondary N) is 1. The van der Waals surface area contributed by atoms with Crippen LogP contribution < -0.4 is 5.32 Å². The van der Waals surface area contributed by atoms with Crippen molar-refractivity contribution in [3.63, 3.8) is 0 Å². The molecule has 0 aliphatic carbocycles. The van der Waals surface area contributed by atoms with Crippen molar-refractivity contribution in [1.29, 1.82) is 5.26 Å². The number of hydrogen-bond acceptors (Lipinski definition) is 7. The van der Waals surface area contributed by atoms with Crippen molar-refractivity contribution in [2.45, 2.75) is 62.4 Å². The van der Waals surface area contributed by atoms with Crippen LogP contribution >= 0.6 is 18.9 Å². The highest BCUT2D eigenvalue weighted by molar-refractivity contribution is 7.52. The molecule has 5 atom stereocenters. The third-order valence-corrected chi connectivity index (χ3v) is 11.7. The van der Waals surface area contributed by atoms with E-state index < -0.39 is 42.7 Å². The van der Waals surface area contributed by atoms with Gasteiger partial charge in [-0.25, -0.2) is 0 Å². The molecule has 3 aliphatic heterocycles. The normalized spacial score (nSPS) is 24.7. The van der Waals surface area contributed by atoms with Crippen LogP contribution in [0.4, 0.5) is 8.78 Å². The summed E-state index contributed by atoms with van der Waals surface area (Å²) in [6.45, 7) is 1.73. The van der Waals surface area contributed by atoms with Gasteiger partial charge in [0.1, 0.15) is 12.1 Å². The molecule has 258 valence electrons. The van der Waals surface area contributed by atoms with E-state index in [-0.39, 0.29) is 53.2 Å². The number of carbonyl (C=O) groups is 4. The molecule has 0 bridgehead atoms. The number of rotatable bonds is 6. The van der Waals surface area contributed by atoms with Gasteiger partial charge in [-0.1, -0.05) is 36.4 Å². The molecule has 2 unspecified atom stereocenters. The molecule has 16 heteroatoms. The maximum absolute atomic E-state index is 14.4. The van der Waals surface area contributed by atoms with Crippen molar-refractivity contribution in [1.82, 2.24) is 20.0 Å². The van der Waals surface area contributed by atoms with Crippen LogP contribution in [-0.2, 0) is 24.6 Å². The van der Waals surface area contributed by atoms with Crippen LogP contribution in [0.5, 0.6) is 0 Å². The summed E-state index contributed by atoms with van der Waals surface area (Å²) in [5, 5.41) is 12.6. The second-order valence-corrected chi connectivity index (χ2v) is 15.4. The Morgan fingerprint density at radius 1 is 1.06 bits per heavy atom. The molecular weight excluding hydrogens is 679 g/mol. The number of halogens is 2. The monoisotopic (exact) mass is 713 g/mol. The molecule has 3 aliphatic rings. The van der Waals surface area contributed by atoms with Gasteiger partial charge in [-0.2, -0.15) is 14.0 Å². The van der Waals surface area contributed by atoms with E-state index in [1.54, 1.807) is 4.90 Å². The third kappa shape index (κ3) is 6.58. The lowest BCUT2D eigenvalue weighted by Crippen LogP contribution is -2.61. The minimum absolute atomic E-state index is 0.0480. The highest BCUT2D eigenvalue weighted by Gasteiger charge is 2.51. The fraction of sp³-hybridized carbons (Fsp3) is 0.424. The zero-order valence-electron chi connectivity index (χ0n) is 26.4. The van der Waals surface area contributed by atoms with Crippen molar-refractivity contribution in [3.05, 3.63) is 70.6 Å². The number of likely N-dealkylation sites (tertiary alicyclic amines) is 1. The van der Waals surface area contributed by atoms with E-state index in [1.165, 1.54) is 28.9 Å². The van der Waals surface area contributed by atoms with Crippen LogP contribution in [0.25, 0.3) is 10.1 Å². The zero-order chi connectivity index (χ0) is 35.2. The van der Waals surface area contributed by atoms with Gasteiger partial charge < -0.3 is 29.8 Å². The van der Waals surface area contributed by atoms with Gasteiger partial charge in [-0.3, -0.25) is 23.7 Å². The summed E-state index contributed by atoms with van der Waals surface area (Å²) in [5.74, 6) is -2.19. The predicted molar refractivity (Wildman–Crippen MR) is 174 cm³/mol. The maximum atomic E-state index is 14.4. The lowest BCUT2D eigenvalue weighted by molar-refractivity contribution is -0.149. The van der Waals surface area contributed by atoms with Crippen LogP contribution in [0, 0.1) is 17.2 Å². The number of hydrogen-bond donors (Lipinski definition) is 3. The lowest BCUT2D eigenvalue weighted by Gasteiger charge is -2.39. The first-order valence-electron chi connectivity index (χ1n) is 15.8. The van der Waals surface area contributed by atoms with Crippen LogP contribution in [0.15, 0.2) is 54.6 Å². The van der Waals surface area contributed by atoms with E-state index in [4.69, 9.17) is 9.79 Å². The van der Waals surface area contributed by atoms with E-state index in [9.17, 15) is 37.8 Å². The topological polar surface area (TPSA) is 171 Å². The van der Waals surface area contributed by atoms with E-state index in [0.717, 1.165) is 29.0 Å². The largest absolute Gasteiger partial charge is 0.399 e. The molecule has 49 heavy (non-hydrogen) atoms. The number of carbonyl (C=O) groups excluding carboxylic acids is 4. The van der Waals surface area contributed by atoms with Gasteiger partial charge in [0, 0.05) is 42.9 Å². The summed E-state index contributed by atoms with van der Waals surface area (Å²) in [6, 6.07) is 13.2. The number of nitrogens with zero attached hydrogens (tertiary/aromatic N) is 4. The summed E-state index contributed by atoms with van der Waals surface area (Å²) < 4.78 is 40.5. The molecule has 0 radical (unpaired) electrons. The predicted octanol–water partition coefficient (Wildman–Crippen LogP) is 3.95. The van der Waals surface area contributed by atoms with E-state index >= 15 is 0 Å². The summed E-state index contributed by atoms with van der Waals surface area (Å²) in [6.07, 6.45) is 1.80. The average Bonchev–Trinajstić information content (AvgIpc) is 3.81. The van der Waals surface area contributed by atoms with E-state index in [2.05, 4.69) is 11.4 Å². The number of nitriles is 1. The molecule has 4 amide bonds. The smallest absolute Gasteiger partial charge is 0.340 e. The van der Waals surface area contributed by atoms with Crippen LogP contribution in [-0.4, -0.2) is 85.9 Å². The fourth-order valence-electron chi connectivity index (χ4n) is 7.11. The lowest BCUT2D eigenvalue weighted by atomic mass is 10.0. The van der Waals surface area contributed by atoms with E-state index in [0.29, 0.717) is 36.9 Å². The SMILES string of the molecule is CC(=O)N1CC[C@H]2CC[C@@H](C(=O)N3CC(C#N)C[C@H]3c3ccccc3)N2C(=O)C(NC(=O)c2cc3cc(C(F)(F)P(=O)(O)O)ccc3s2)C1. The molecule has 3 saturated heterocycles. The number of amides is 4. The van der Waals surface area contributed by atoms with Gasteiger partial charge in [0.05, 0.1) is 22.9 Å². The van der Waals surface area contributed by atoms with Crippen molar-refractivity contribution >= 4 is 52.6 Å². The standard InChI is InChI=1S/C33H34F2N5O7PS/c1-19(41)38-12-11-24-8-9-26(32(44)39-17-20(16-36)13-27(39)21-5-3-2-4-6-21)40(24)31(43)25(18-38)37-30(42)29-15-22-14-23(7-10-28(22)49-29)33(34,35)48(45,46)47/h2-7,10,14-15,20,24-27H,8-9,11-13,17-18H2,1H3,(H,37,42)(H2,45,46,47)/t20?,24-,25?,26+,27+/m1/s1. The first kappa shape index (κ1) is 34.6. The van der Waals surface area contributed by atoms with Gasteiger partial charge >= 0.3 is 13.3 Å². The number of fused-ring (bicyclic) bond motifs is 2. The zero-order valence-corrected chi connectivity index (χ0v) is 28.1. The Labute approximate surface area is 284 Å². The summed E-state index contributed by atoms with van der Waals surface area (Å²) in [4.78, 5) is 77.7. The molecule has 12 nitrogen and oxygen atoms in total. The van der Waals surface area contributed by atoms with Crippen molar-refractivity contribution < 1.29 is 42.3 Å². The molecular formula is C33H34F2N5O7PS. The average molecular weight is 714 g/mol. The molecule has 0 spiro atoms. The first-order valence-corrected chi connectivity index (χ1v) is 18.2. The van der Waals surface area contributed by atoms with Crippen LogP contribution in [0.1, 0.15) is 59.4 Å². The van der Waals surface area contributed by atoms with Gasteiger partial charge in [-0.15, -0.1) is 11.3 Å². The molecule has 3 N–H and O–H groups in total. The molecule has 0 saturated carbocycles. The number of alkyl halides is 2. The minimum Gasteiger partial charge on any atom is -0.340 e. The Kier molecular flexibility index (Phi) is 9.36. The Morgan fingerprint density at radius 2 is 1.80 bits per heavy atom. The Morgan fingerprint density at radius 3 is 2.47 bits per heavy atom.